The number of carbonyl (C=O) groups excluding carboxylic acids is 1. The Morgan fingerprint density at radius 3 is 2.35 bits per heavy atom. The highest BCUT2D eigenvalue weighted by Gasteiger charge is 2.56. The number of aryl methyl sites for hydroxylation is 1. The van der Waals surface area contributed by atoms with Gasteiger partial charge in [-0.2, -0.15) is 26.3 Å². The van der Waals surface area contributed by atoms with Crippen LogP contribution in [0.4, 0.5) is 39.9 Å². The fraction of sp³-hybridized carbons (Fsp3) is 0.571. The van der Waals surface area contributed by atoms with Gasteiger partial charge >= 0.3 is 18.4 Å². The number of halogens is 8. The van der Waals surface area contributed by atoms with E-state index in [0.29, 0.717) is 11.3 Å². The summed E-state index contributed by atoms with van der Waals surface area (Å²) in [4.78, 5) is 25.8. The number of nitrogens with one attached hydrogen (secondary N) is 1. The summed E-state index contributed by atoms with van der Waals surface area (Å²) in [6.07, 6.45) is -11.2. The molecule has 0 spiro atoms. The summed E-state index contributed by atoms with van der Waals surface area (Å²) in [6.45, 7) is 4.38. The van der Waals surface area contributed by atoms with E-state index in [9.17, 15) is 39.9 Å². The first-order valence-corrected chi connectivity index (χ1v) is 13.9. The zero-order chi connectivity index (χ0) is 34.4. The van der Waals surface area contributed by atoms with Crippen LogP contribution in [-0.2, 0) is 4.74 Å². The number of fused-ring (bicyclic) bond motifs is 1. The number of carbonyl (C=O) groups is 1. The van der Waals surface area contributed by atoms with Crippen LogP contribution in [0.15, 0.2) is 24.7 Å². The van der Waals surface area contributed by atoms with Crippen molar-refractivity contribution in [1.82, 2.24) is 29.6 Å². The van der Waals surface area contributed by atoms with Gasteiger partial charge in [-0.05, 0) is 33.8 Å². The molecule has 3 unspecified atom stereocenters. The molecule has 18 heteroatoms. The largest absolute Gasteiger partial charge is 0.494 e. The van der Waals surface area contributed by atoms with Crippen molar-refractivity contribution in [3.63, 3.8) is 0 Å². The lowest BCUT2D eigenvalue weighted by atomic mass is 9.89. The fourth-order valence-corrected chi connectivity index (χ4v) is 5.55. The molecule has 0 bridgehead atoms. The van der Waals surface area contributed by atoms with E-state index < -0.39 is 73.2 Å². The number of nitrogens with zero attached hydrogens (tertiary/aromatic N) is 5. The first-order valence-electron chi connectivity index (χ1n) is 13.9. The fourth-order valence-electron chi connectivity index (χ4n) is 5.55. The summed E-state index contributed by atoms with van der Waals surface area (Å²) in [5, 5.41) is 1.49. The van der Waals surface area contributed by atoms with Crippen LogP contribution in [-0.4, -0.2) is 87.1 Å². The Labute approximate surface area is 258 Å². The molecule has 3 aromatic heterocycles. The summed E-state index contributed by atoms with van der Waals surface area (Å²) in [5.74, 6) is -3.57. The zero-order valence-corrected chi connectivity index (χ0v) is 25.6. The van der Waals surface area contributed by atoms with Gasteiger partial charge in [0.15, 0.2) is 12.1 Å². The Balaban J connectivity index is 1.76. The van der Waals surface area contributed by atoms with Crippen molar-refractivity contribution in [1.29, 1.82) is 0 Å². The molecule has 4 heterocycles. The van der Waals surface area contributed by atoms with Gasteiger partial charge in [-0.25, -0.2) is 23.5 Å². The van der Waals surface area contributed by atoms with Gasteiger partial charge in [0.05, 0.1) is 49.2 Å². The smallest absolute Gasteiger partial charge is 0.414 e. The Morgan fingerprint density at radius 2 is 1.80 bits per heavy atom. The maximum atomic E-state index is 14.7. The van der Waals surface area contributed by atoms with Crippen LogP contribution in [0.1, 0.15) is 51.0 Å². The van der Waals surface area contributed by atoms with Crippen molar-refractivity contribution < 1.29 is 54.1 Å². The van der Waals surface area contributed by atoms with E-state index >= 15 is 0 Å². The van der Waals surface area contributed by atoms with Crippen molar-refractivity contribution in [3.8, 4) is 22.9 Å². The van der Waals surface area contributed by atoms with Crippen molar-refractivity contribution in [2.75, 3.05) is 20.8 Å². The van der Waals surface area contributed by atoms with Crippen LogP contribution in [0.2, 0.25) is 0 Å². The van der Waals surface area contributed by atoms with Crippen molar-refractivity contribution in [2.45, 2.75) is 82.6 Å². The average Bonchev–Trinajstić information content (AvgIpc) is 3.30. The topological polar surface area (TPSA) is 103 Å². The molecular formula is C28H32F8N6O4. The van der Waals surface area contributed by atoms with Gasteiger partial charge in [0, 0.05) is 37.3 Å². The van der Waals surface area contributed by atoms with Gasteiger partial charge in [-0.15, -0.1) is 0 Å². The number of imidazole rings is 1. The molecule has 1 N–H and O–H groups in total. The van der Waals surface area contributed by atoms with Gasteiger partial charge in [-0.3, -0.25) is 4.98 Å². The highest BCUT2D eigenvalue weighted by Crippen LogP contribution is 2.44. The minimum atomic E-state index is -5.35. The average molecular weight is 669 g/mol. The van der Waals surface area contributed by atoms with Gasteiger partial charge in [0.2, 0.25) is 5.65 Å². The second-order valence-electron chi connectivity index (χ2n) is 11.4. The number of alkyl halides is 8. The number of methoxy groups -OCH3 is 2. The first-order chi connectivity index (χ1) is 21.2. The maximum Gasteiger partial charge on any atom is 0.414 e. The van der Waals surface area contributed by atoms with Crippen LogP contribution >= 0.6 is 0 Å². The van der Waals surface area contributed by atoms with E-state index in [1.807, 2.05) is 0 Å². The van der Waals surface area contributed by atoms with Crippen LogP contribution in [0.25, 0.3) is 16.9 Å². The molecular weight excluding hydrogens is 636 g/mol. The van der Waals surface area contributed by atoms with E-state index in [1.165, 1.54) is 30.1 Å². The molecule has 3 atom stereocenters. The number of ether oxygens (including phenoxy) is 3. The third kappa shape index (κ3) is 7.36. The molecule has 2 amide bonds. The minimum absolute atomic E-state index is 0.0157. The van der Waals surface area contributed by atoms with Crippen LogP contribution in [0.3, 0.4) is 0 Å². The van der Waals surface area contributed by atoms with Gasteiger partial charge in [-0.1, -0.05) is 0 Å². The van der Waals surface area contributed by atoms with Gasteiger partial charge in [0.1, 0.15) is 5.75 Å². The third-order valence-electron chi connectivity index (χ3n) is 7.27. The molecule has 0 aliphatic carbocycles. The van der Waals surface area contributed by atoms with E-state index in [2.05, 4.69) is 15.0 Å². The van der Waals surface area contributed by atoms with Gasteiger partial charge in [0.25, 0.3) is 11.8 Å². The van der Waals surface area contributed by atoms with Crippen molar-refractivity contribution >= 4 is 11.7 Å². The summed E-state index contributed by atoms with van der Waals surface area (Å²) in [6, 6.07) is -6.80. The van der Waals surface area contributed by atoms with E-state index in [0.717, 1.165) is 33.0 Å². The maximum absolute atomic E-state index is 14.7. The van der Waals surface area contributed by atoms with E-state index in [1.54, 1.807) is 13.1 Å². The molecule has 0 saturated carbocycles. The SMILES string of the molecule is CCN(C(=O)NC(C1CC(F)(F)CC(C)(C)O1)C(F)(F)F)C(c1cc(-c2cn3cc(C)nc3c(OC)n2)c(OC)cn1)C(F)(F)F. The number of hydrogen-bond acceptors (Lipinski definition) is 7. The van der Waals surface area contributed by atoms with E-state index in [4.69, 9.17) is 14.2 Å². The first kappa shape index (κ1) is 34.9. The molecule has 0 aromatic carbocycles. The molecule has 1 fully saturated rings. The molecule has 1 saturated heterocycles. The third-order valence-corrected chi connectivity index (χ3v) is 7.27. The lowest BCUT2D eigenvalue weighted by Crippen LogP contribution is -2.61. The standard InChI is InChI=1S/C28H32F8N6O4/c1-7-42(24(43)40-20(27(31,32)33)18-9-26(29,30)13-25(3,4)46-18)21(28(34,35)36)16-8-15(19(44-5)10-37-16)17-12-41-11-14(2)38-22(41)23(39-17)45-6/h8,10-12,18,20-21H,7,9,13H2,1-6H3,(H,40,43). The minimum Gasteiger partial charge on any atom is -0.494 e. The molecule has 4 rings (SSSR count). The Kier molecular flexibility index (Phi) is 9.36. The monoisotopic (exact) mass is 668 g/mol. The Hall–Kier alpha value is -3.96. The lowest BCUT2D eigenvalue weighted by Gasteiger charge is -2.44. The molecule has 1 aliphatic heterocycles. The summed E-state index contributed by atoms with van der Waals surface area (Å²) < 4.78 is 133. The van der Waals surface area contributed by atoms with Gasteiger partial charge < -0.3 is 28.8 Å². The predicted molar refractivity (Wildman–Crippen MR) is 147 cm³/mol. The number of pyridine rings is 1. The highest BCUT2D eigenvalue weighted by molar-refractivity contribution is 5.76. The second kappa shape index (κ2) is 12.3. The zero-order valence-electron chi connectivity index (χ0n) is 25.6. The number of amides is 2. The molecule has 1 aliphatic rings. The molecule has 10 nitrogen and oxygen atoms in total. The normalized spacial score (nSPS) is 19.4. The van der Waals surface area contributed by atoms with Crippen LogP contribution in [0.5, 0.6) is 11.6 Å². The number of aromatic nitrogens is 4. The summed E-state index contributed by atoms with van der Waals surface area (Å²) >= 11 is 0. The Bertz CT molecular complexity index is 1560. The lowest BCUT2D eigenvalue weighted by molar-refractivity contribution is -0.246. The quantitative estimate of drug-likeness (QED) is 0.282. The number of urea groups is 1. The Morgan fingerprint density at radius 1 is 1.13 bits per heavy atom. The summed E-state index contributed by atoms with van der Waals surface area (Å²) in [7, 11) is 2.55. The van der Waals surface area contributed by atoms with E-state index in [-0.39, 0.29) is 27.8 Å². The van der Waals surface area contributed by atoms with Crippen molar-refractivity contribution in [2.24, 2.45) is 0 Å². The highest BCUT2D eigenvalue weighted by atomic mass is 19.4. The van der Waals surface area contributed by atoms with Crippen LogP contribution in [0, 0.1) is 6.92 Å². The molecule has 3 aromatic rings. The molecule has 254 valence electrons. The van der Waals surface area contributed by atoms with Crippen molar-refractivity contribution in [3.05, 3.63) is 36.0 Å². The summed E-state index contributed by atoms with van der Waals surface area (Å²) in [5.41, 5.74) is -1.54. The number of rotatable bonds is 8. The number of hydrogen-bond donors (Lipinski definition) is 1. The molecule has 0 radical (unpaired) electrons. The van der Waals surface area contributed by atoms with Crippen LogP contribution < -0.4 is 14.8 Å². The second-order valence-corrected chi connectivity index (χ2v) is 11.4. The molecule has 46 heavy (non-hydrogen) atoms. The predicted octanol–water partition coefficient (Wildman–Crippen LogP) is 6.28.